The Bertz CT molecular complexity index is 3580. The lowest BCUT2D eigenvalue weighted by Gasteiger charge is -2.32. The Labute approximate surface area is 384 Å². The minimum atomic E-state index is -0.0549. The number of nitriles is 1. The molecule has 0 aliphatic rings. The van der Waals surface area contributed by atoms with Gasteiger partial charge >= 0.3 is 0 Å². The molecule has 0 bridgehead atoms. The van der Waals surface area contributed by atoms with Crippen LogP contribution in [-0.2, 0) is 0 Å². The number of hydrogen-bond donors (Lipinski definition) is 0. The van der Waals surface area contributed by atoms with Crippen LogP contribution in [0.25, 0.3) is 86.9 Å². The Kier molecular flexibility index (Phi) is 9.13. The van der Waals surface area contributed by atoms with Crippen molar-refractivity contribution in [3.05, 3.63) is 182 Å². The molecule has 0 amide bonds. The van der Waals surface area contributed by atoms with E-state index in [1.165, 1.54) is 159 Å². The molecular weight excluding hydrogens is 782 g/mol. The van der Waals surface area contributed by atoms with E-state index in [9.17, 15) is 5.26 Å². The van der Waals surface area contributed by atoms with Gasteiger partial charge in [0.05, 0.1) is 11.6 Å². The maximum atomic E-state index is 10.5. The topological polar surface area (TPSA) is 23.8 Å². The second kappa shape index (κ2) is 14.5. The fourth-order valence-corrected chi connectivity index (χ4v) is 12.6. The maximum absolute atomic E-state index is 10.5. The van der Waals surface area contributed by atoms with Gasteiger partial charge in [0, 0.05) is 0 Å². The Balaban J connectivity index is 1.20. The van der Waals surface area contributed by atoms with Crippen LogP contribution in [-0.4, -0.2) is 6.71 Å². The molecular formula is C63H54BN. The summed E-state index contributed by atoms with van der Waals surface area (Å²) in [5.74, 6) is 0. The van der Waals surface area contributed by atoms with Crippen molar-refractivity contribution in [1.82, 2.24) is 0 Å². The van der Waals surface area contributed by atoms with Crippen molar-refractivity contribution in [2.45, 2.75) is 83.1 Å². The van der Waals surface area contributed by atoms with Gasteiger partial charge in [0.2, 0.25) is 6.71 Å². The average molecular weight is 836 g/mol. The van der Waals surface area contributed by atoms with Crippen LogP contribution < -0.4 is 16.4 Å². The van der Waals surface area contributed by atoms with Crippen molar-refractivity contribution in [3.8, 4) is 28.3 Å². The number of hydrogen-bond acceptors (Lipinski definition) is 1. The van der Waals surface area contributed by atoms with Gasteiger partial charge in [-0.25, -0.2) is 0 Å². The second-order valence-corrected chi connectivity index (χ2v) is 19.3. The van der Waals surface area contributed by atoms with Crippen LogP contribution in [0, 0.1) is 94.4 Å². The fourth-order valence-electron chi connectivity index (χ4n) is 12.6. The van der Waals surface area contributed by atoms with E-state index < -0.39 is 0 Å². The van der Waals surface area contributed by atoms with E-state index in [4.69, 9.17) is 0 Å². The van der Waals surface area contributed by atoms with Crippen molar-refractivity contribution >= 4 is 87.7 Å². The first-order chi connectivity index (χ1) is 31.2. The molecule has 0 spiro atoms. The van der Waals surface area contributed by atoms with E-state index in [1.54, 1.807) is 0 Å². The summed E-state index contributed by atoms with van der Waals surface area (Å²) >= 11 is 0. The molecule has 314 valence electrons. The molecule has 0 saturated carbocycles. The van der Waals surface area contributed by atoms with Gasteiger partial charge < -0.3 is 0 Å². The SMILES string of the molecule is Cc1c(C)c(B(c2c(C)c(C)c(-c3ccc4ccc5cccc6ccc3c4c56)c(C)c2C)c2c(C)c(C)c(-c3ccc4ccc5cccc6ccc3c4c56)c(C)c2C)c(C)c(C)c1C#N. The van der Waals surface area contributed by atoms with Crippen molar-refractivity contribution < 1.29 is 0 Å². The third-order valence-corrected chi connectivity index (χ3v) is 16.6. The summed E-state index contributed by atoms with van der Waals surface area (Å²) in [7, 11) is 0. The molecule has 0 fully saturated rings. The third-order valence-electron chi connectivity index (χ3n) is 16.6. The molecule has 11 aromatic carbocycles. The Morgan fingerprint density at radius 1 is 0.308 bits per heavy atom. The summed E-state index contributed by atoms with van der Waals surface area (Å²) in [5, 5.41) is 26.3. The molecule has 65 heavy (non-hydrogen) atoms. The minimum absolute atomic E-state index is 0.0549. The molecule has 11 rings (SSSR count). The zero-order valence-corrected chi connectivity index (χ0v) is 39.9. The number of benzene rings is 11. The molecule has 0 saturated heterocycles. The van der Waals surface area contributed by atoms with Crippen LogP contribution in [0.2, 0.25) is 0 Å². The van der Waals surface area contributed by atoms with E-state index in [-0.39, 0.29) is 6.71 Å². The van der Waals surface area contributed by atoms with Crippen LogP contribution >= 0.6 is 0 Å². The predicted octanol–water partition coefficient (Wildman–Crippen LogP) is 14.9. The average Bonchev–Trinajstić information content (AvgIpc) is 3.31. The lowest BCUT2D eigenvalue weighted by molar-refractivity contribution is 1.23. The molecule has 0 atom stereocenters. The lowest BCUT2D eigenvalue weighted by Crippen LogP contribution is -2.58. The van der Waals surface area contributed by atoms with Gasteiger partial charge in [-0.15, -0.1) is 0 Å². The first kappa shape index (κ1) is 40.8. The quantitative estimate of drug-likeness (QED) is 0.125. The Hall–Kier alpha value is -6.95. The first-order valence-corrected chi connectivity index (χ1v) is 23.3. The summed E-state index contributed by atoms with van der Waals surface area (Å²) in [4.78, 5) is 0. The van der Waals surface area contributed by atoms with Crippen molar-refractivity contribution in [3.63, 3.8) is 0 Å². The van der Waals surface area contributed by atoms with E-state index in [1.807, 2.05) is 0 Å². The van der Waals surface area contributed by atoms with Gasteiger partial charge in [0.25, 0.3) is 0 Å². The van der Waals surface area contributed by atoms with E-state index in [0.717, 1.165) is 16.7 Å². The van der Waals surface area contributed by atoms with Crippen molar-refractivity contribution in [2.75, 3.05) is 0 Å². The molecule has 2 heteroatoms. The molecule has 1 nitrogen and oxygen atoms in total. The fraction of sp³-hybridized carbons (Fsp3) is 0.190. The van der Waals surface area contributed by atoms with Crippen LogP contribution in [0.15, 0.2) is 109 Å². The molecule has 11 aromatic rings. The highest BCUT2D eigenvalue weighted by Gasteiger charge is 2.36. The molecule has 0 aliphatic carbocycles. The lowest BCUT2D eigenvalue weighted by atomic mass is 9.32. The molecule has 0 radical (unpaired) electrons. The Morgan fingerprint density at radius 3 is 0.908 bits per heavy atom. The summed E-state index contributed by atoms with van der Waals surface area (Å²) in [5.41, 5.74) is 25.4. The molecule has 0 unspecified atom stereocenters. The standard InChI is InChI=1S/C63H54BN/c1-32-38(7)61(39(8)33(2)54(32)31-65)64(62-40(9)34(3)55(35(4)41(62)10)50-27-25-48-21-19-44-15-13-17-46-23-29-52(50)59(48)57(44)46)63-42(11)36(5)56(37(6)43(63)12)51-28-26-49-22-20-45-16-14-18-47-24-30-53(51)60(49)58(45)47/h13-30H,1-12H3. The summed E-state index contributed by atoms with van der Waals surface area (Å²) in [6.07, 6.45) is 0. The monoisotopic (exact) mass is 835 g/mol. The third kappa shape index (κ3) is 5.52. The predicted molar refractivity (Wildman–Crippen MR) is 284 cm³/mol. The van der Waals surface area contributed by atoms with E-state index in [2.05, 4.69) is 198 Å². The second-order valence-electron chi connectivity index (χ2n) is 19.3. The smallest absolute Gasteiger partial charge is 0.192 e. The molecule has 0 aliphatic heterocycles. The van der Waals surface area contributed by atoms with Gasteiger partial charge in [-0.3, -0.25) is 0 Å². The number of nitrogens with zero attached hydrogens (tertiary/aromatic N) is 1. The highest BCUT2D eigenvalue weighted by Crippen LogP contribution is 2.44. The van der Waals surface area contributed by atoms with Gasteiger partial charge in [-0.05, 0) is 203 Å². The minimum Gasteiger partial charge on any atom is -0.192 e. The van der Waals surface area contributed by atoms with E-state index >= 15 is 0 Å². The Morgan fingerprint density at radius 2 is 0.585 bits per heavy atom. The van der Waals surface area contributed by atoms with Gasteiger partial charge in [0.1, 0.15) is 0 Å². The summed E-state index contributed by atoms with van der Waals surface area (Å²) < 4.78 is 0. The zero-order chi connectivity index (χ0) is 45.5. The molecule has 0 aromatic heterocycles. The van der Waals surface area contributed by atoms with Crippen molar-refractivity contribution in [1.29, 1.82) is 5.26 Å². The number of rotatable bonds is 5. The van der Waals surface area contributed by atoms with Crippen LogP contribution in [0.5, 0.6) is 0 Å². The molecule has 0 heterocycles. The maximum Gasteiger partial charge on any atom is 0.243 e. The highest BCUT2D eigenvalue weighted by atomic mass is 14.3. The zero-order valence-electron chi connectivity index (χ0n) is 39.9. The van der Waals surface area contributed by atoms with Gasteiger partial charge in [0.15, 0.2) is 0 Å². The highest BCUT2D eigenvalue weighted by molar-refractivity contribution is 6.97. The van der Waals surface area contributed by atoms with Crippen LogP contribution in [0.3, 0.4) is 0 Å². The van der Waals surface area contributed by atoms with Crippen LogP contribution in [0.1, 0.15) is 72.3 Å². The normalized spacial score (nSPS) is 12.0. The molecule has 0 N–H and O–H groups in total. The van der Waals surface area contributed by atoms with Crippen molar-refractivity contribution in [2.24, 2.45) is 0 Å². The van der Waals surface area contributed by atoms with Gasteiger partial charge in [-0.1, -0.05) is 159 Å². The van der Waals surface area contributed by atoms with Gasteiger partial charge in [-0.2, -0.15) is 5.26 Å². The van der Waals surface area contributed by atoms with E-state index in [0.29, 0.717) is 0 Å². The largest absolute Gasteiger partial charge is 0.243 e. The van der Waals surface area contributed by atoms with Crippen LogP contribution in [0.4, 0.5) is 0 Å². The summed E-state index contributed by atoms with van der Waals surface area (Å²) in [6, 6.07) is 43.8. The first-order valence-electron chi connectivity index (χ1n) is 23.3. The summed E-state index contributed by atoms with van der Waals surface area (Å²) in [6.45, 7) is 27.7.